The summed E-state index contributed by atoms with van der Waals surface area (Å²) < 4.78 is 8.70. The molecular formula is H2AuO3P+. The van der Waals surface area contributed by atoms with Crippen molar-refractivity contribution in [1.82, 2.24) is 0 Å². The van der Waals surface area contributed by atoms with Gasteiger partial charge in [0.25, 0.3) is 0 Å². The molecule has 0 aliphatic carbocycles. The van der Waals surface area contributed by atoms with E-state index in [1.807, 2.05) is 0 Å². The summed E-state index contributed by atoms with van der Waals surface area (Å²) in [5.41, 5.74) is 0. The van der Waals surface area contributed by atoms with Crippen molar-refractivity contribution >= 4 is 8.25 Å². The van der Waals surface area contributed by atoms with Crippen molar-refractivity contribution in [2.75, 3.05) is 0 Å². The maximum Gasteiger partial charge on any atom is 0.692 e. The van der Waals surface area contributed by atoms with Gasteiger partial charge in [-0.2, -0.15) is 0 Å². The molecule has 0 spiro atoms. The van der Waals surface area contributed by atoms with E-state index in [1.165, 1.54) is 0 Å². The molecule has 0 aliphatic rings. The SMILES string of the molecule is O=[P+](O)O.[Au]. The zero-order valence-electron chi connectivity index (χ0n) is 2.05. The van der Waals surface area contributed by atoms with Gasteiger partial charge in [0.2, 0.25) is 0 Å². The van der Waals surface area contributed by atoms with Crippen molar-refractivity contribution in [2.24, 2.45) is 0 Å². The number of hydrogen-bond donors (Lipinski definition) is 2. The second-order valence-electron chi connectivity index (χ2n) is 0.253. The Balaban J connectivity index is 0. The van der Waals surface area contributed by atoms with E-state index in [0.29, 0.717) is 0 Å². The van der Waals surface area contributed by atoms with Crippen LogP contribution in [-0.2, 0) is 26.9 Å². The van der Waals surface area contributed by atoms with Crippen LogP contribution in [0.3, 0.4) is 0 Å². The molecule has 0 unspecified atom stereocenters. The van der Waals surface area contributed by atoms with Crippen molar-refractivity contribution in [2.45, 2.75) is 0 Å². The van der Waals surface area contributed by atoms with Gasteiger partial charge >= 0.3 is 8.25 Å². The van der Waals surface area contributed by atoms with Crippen molar-refractivity contribution in [3.05, 3.63) is 0 Å². The molecule has 0 amide bonds. The van der Waals surface area contributed by atoms with Gasteiger partial charge in [-0.1, -0.05) is 0 Å². The number of hydrogen-bond acceptors (Lipinski definition) is 1. The van der Waals surface area contributed by atoms with Crippen LogP contribution in [0, 0.1) is 0 Å². The minimum atomic E-state index is -2.87. The fourth-order valence-corrected chi connectivity index (χ4v) is 0. The molecule has 0 aromatic rings. The fourth-order valence-electron chi connectivity index (χ4n) is 0. The smallest absolute Gasteiger partial charge is 0.134 e. The van der Waals surface area contributed by atoms with Crippen LogP contribution in [0.2, 0.25) is 0 Å². The molecule has 0 aliphatic heterocycles. The molecule has 35 valence electrons. The molecule has 0 fully saturated rings. The van der Waals surface area contributed by atoms with E-state index in [0.717, 1.165) is 0 Å². The average molecular weight is 278 g/mol. The fraction of sp³-hybridized carbons (Fsp3) is 0. The van der Waals surface area contributed by atoms with Crippen molar-refractivity contribution in [3.8, 4) is 0 Å². The van der Waals surface area contributed by atoms with Gasteiger partial charge in [0.15, 0.2) is 0 Å². The summed E-state index contributed by atoms with van der Waals surface area (Å²) >= 11 is 0. The summed E-state index contributed by atoms with van der Waals surface area (Å²) in [4.78, 5) is 14.2. The summed E-state index contributed by atoms with van der Waals surface area (Å²) in [6.07, 6.45) is 0. The molecule has 0 atom stereocenters. The largest absolute Gasteiger partial charge is 0.692 e. The summed E-state index contributed by atoms with van der Waals surface area (Å²) in [6, 6.07) is 0. The van der Waals surface area contributed by atoms with Crippen LogP contribution in [-0.4, -0.2) is 9.79 Å². The average Bonchev–Trinajstić information content (AvgIpc) is 0.811. The molecular weight excluding hydrogens is 276 g/mol. The third-order valence-electron chi connectivity index (χ3n) is 0. The number of rotatable bonds is 0. The standard InChI is InChI=1S/Au.HO3P/c;1-4(2)3/h;(H-,1,2,3)/p+1. The first-order valence-corrected chi connectivity index (χ1v) is 1.75. The molecule has 3 nitrogen and oxygen atoms in total. The first-order valence-electron chi connectivity index (χ1n) is 0.583. The van der Waals surface area contributed by atoms with Crippen LogP contribution >= 0.6 is 8.25 Å². The van der Waals surface area contributed by atoms with Gasteiger partial charge in [-0.05, 0) is 0 Å². The Morgan fingerprint density at radius 2 is 1.40 bits per heavy atom. The first kappa shape index (κ1) is 9.23. The monoisotopic (exact) mass is 278 g/mol. The molecule has 0 aromatic heterocycles. The summed E-state index contributed by atoms with van der Waals surface area (Å²) in [7, 11) is -2.87. The molecule has 0 saturated carbocycles. The summed E-state index contributed by atoms with van der Waals surface area (Å²) in [5.74, 6) is 0. The van der Waals surface area contributed by atoms with Crippen LogP contribution in [0.15, 0.2) is 0 Å². The second kappa shape index (κ2) is 4.76. The normalized spacial score (nSPS) is 5.20. The van der Waals surface area contributed by atoms with Crippen LogP contribution in [0.4, 0.5) is 0 Å². The van der Waals surface area contributed by atoms with Gasteiger partial charge in [-0.25, -0.2) is 0 Å². The van der Waals surface area contributed by atoms with Crippen molar-refractivity contribution < 1.29 is 36.7 Å². The van der Waals surface area contributed by atoms with E-state index in [-0.39, 0.29) is 22.4 Å². The molecule has 0 bridgehead atoms. The van der Waals surface area contributed by atoms with Gasteiger partial charge in [0.05, 0.1) is 0 Å². The van der Waals surface area contributed by atoms with Gasteiger partial charge in [0.1, 0.15) is 0 Å². The van der Waals surface area contributed by atoms with Gasteiger partial charge in [0, 0.05) is 26.9 Å². The molecule has 0 saturated heterocycles. The van der Waals surface area contributed by atoms with Crippen LogP contribution < -0.4 is 0 Å². The topological polar surface area (TPSA) is 57.5 Å². The van der Waals surface area contributed by atoms with Gasteiger partial charge in [-0.15, -0.1) is 9.79 Å². The second-order valence-corrected chi connectivity index (χ2v) is 0.758. The predicted molar refractivity (Wildman–Crippen MR) is 12.0 cm³/mol. The Labute approximate surface area is 45.5 Å². The van der Waals surface area contributed by atoms with E-state index in [4.69, 9.17) is 14.4 Å². The minimum Gasteiger partial charge on any atom is -0.134 e. The molecule has 0 aromatic carbocycles. The molecule has 5 heavy (non-hydrogen) atoms. The molecule has 0 rings (SSSR count). The van der Waals surface area contributed by atoms with Gasteiger partial charge in [-0.3, -0.25) is 0 Å². The van der Waals surface area contributed by atoms with E-state index in [1.54, 1.807) is 0 Å². The predicted octanol–water partition coefficient (Wildman–Crippen LogP) is -0.374. The maximum absolute atomic E-state index is 8.70. The molecule has 1 radical (unpaired) electrons. The molecule has 0 heterocycles. The van der Waals surface area contributed by atoms with Gasteiger partial charge < -0.3 is 0 Å². The van der Waals surface area contributed by atoms with Crippen LogP contribution in [0.1, 0.15) is 0 Å². The van der Waals surface area contributed by atoms with E-state index in [2.05, 4.69) is 0 Å². The minimum absolute atomic E-state index is 0. The Kier molecular flexibility index (Phi) is 8.79. The first-order chi connectivity index (χ1) is 1.73. The third-order valence-corrected chi connectivity index (χ3v) is 0. The molecule has 2 N–H and O–H groups in total. The van der Waals surface area contributed by atoms with Crippen LogP contribution in [0.25, 0.3) is 0 Å². The Morgan fingerprint density at radius 1 is 1.40 bits per heavy atom. The zero-order chi connectivity index (χ0) is 3.58. The van der Waals surface area contributed by atoms with E-state index >= 15 is 0 Å². The zero-order valence-corrected chi connectivity index (χ0v) is 5.11. The van der Waals surface area contributed by atoms with Crippen molar-refractivity contribution in [3.63, 3.8) is 0 Å². The van der Waals surface area contributed by atoms with E-state index in [9.17, 15) is 0 Å². The Bertz CT molecular complexity index is 29.9. The quantitative estimate of drug-likeness (QED) is 0.469. The summed E-state index contributed by atoms with van der Waals surface area (Å²) in [6.45, 7) is 0. The third kappa shape index (κ3) is 62.7. The van der Waals surface area contributed by atoms with E-state index < -0.39 is 8.25 Å². The van der Waals surface area contributed by atoms with Crippen LogP contribution in [0.5, 0.6) is 0 Å². The summed E-state index contributed by atoms with van der Waals surface area (Å²) in [5, 5.41) is 0. The molecule has 5 heteroatoms. The Hall–Kier alpha value is 0.760. The Morgan fingerprint density at radius 3 is 1.40 bits per heavy atom. The maximum atomic E-state index is 8.70. The van der Waals surface area contributed by atoms with Crippen molar-refractivity contribution in [1.29, 1.82) is 0 Å².